The highest BCUT2D eigenvalue weighted by Crippen LogP contribution is 2.31. The molecule has 22 heavy (non-hydrogen) atoms. The van der Waals surface area contributed by atoms with Crippen molar-refractivity contribution in [2.45, 2.75) is 78.2 Å². The van der Waals surface area contributed by atoms with Gasteiger partial charge in [0.15, 0.2) is 0 Å². The Labute approximate surface area is 133 Å². The molecule has 0 bridgehead atoms. The van der Waals surface area contributed by atoms with Crippen LogP contribution in [0.25, 0.3) is 0 Å². The van der Waals surface area contributed by atoms with E-state index < -0.39 is 11.3 Å². The van der Waals surface area contributed by atoms with Crippen LogP contribution in [-0.2, 0) is 19.0 Å². The Morgan fingerprint density at radius 2 is 1.95 bits per heavy atom. The number of esters is 1. The van der Waals surface area contributed by atoms with E-state index in [9.17, 15) is 9.59 Å². The molecule has 1 aliphatic heterocycles. The van der Waals surface area contributed by atoms with Gasteiger partial charge in [0.05, 0.1) is 19.3 Å². The van der Waals surface area contributed by atoms with E-state index >= 15 is 0 Å². The van der Waals surface area contributed by atoms with Gasteiger partial charge in [0, 0.05) is 6.42 Å². The van der Waals surface area contributed by atoms with E-state index in [1.165, 1.54) is 0 Å². The second-order valence-electron chi connectivity index (χ2n) is 6.96. The summed E-state index contributed by atoms with van der Waals surface area (Å²) in [6, 6.07) is -0.0840. The molecule has 6 heteroatoms. The first kappa shape index (κ1) is 18.7. The molecule has 0 saturated carbocycles. The van der Waals surface area contributed by atoms with Crippen LogP contribution in [0.3, 0.4) is 0 Å². The Hall–Kier alpha value is -1.30. The molecular formula is C16H29NO5. The van der Waals surface area contributed by atoms with Gasteiger partial charge < -0.3 is 14.2 Å². The predicted octanol–water partition coefficient (Wildman–Crippen LogP) is 3.09. The summed E-state index contributed by atoms with van der Waals surface area (Å²) in [5.74, 6) is -0.204. The van der Waals surface area contributed by atoms with E-state index in [1.807, 2.05) is 34.6 Å². The van der Waals surface area contributed by atoms with Crippen molar-refractivity contribution in [1.82, 2.24) is 4.90 Å². The standard InChI is InChI=1S/C16H29NO5/c1-7-20-13(18)10-8-9-12-11-21-16(5,6)17(12)14(19)22-15(2,3)4/h12H,7-11H2,1-6H3. The van der Waals surface area contributed by atoms with E-state index in [0.717, 1.165) is 0 Å². The molecule has 1 heterocycles. The quantitative estimate of drug-likeness (QED) is 0.729. The molecule has 0 aromatic rings. The average molecular weight is 315 g/mol. The van der Waals surface area contributed by atoms with Crippen LogP contribution >= 0.6 is 0 Å². The first-order valence-electron chi connectivity index (χ1n) is 7.88. The lowest BCUT2D eigenvalue weighted by molar-refractivity contribution is -0.143. The number of amides is 1. The molecule has 0 aliphatic carbocycles. The fourth-order valence-corrected chi connectivity index (χ4v) is 2.49. The normalized spacial score (nSPS) is 20.8. The Morgan fingerprint density at radius 3 is 2.50 bits per heavy atom. The van der Waals surface area contributed by atoms with Gasteiger partial charge in [-0.15, -0.1) is 0 Å². The predicted molar refractivity (Wildman–Crippen MR) is 82.4 cm³/mol. The monoisotopic (exact) mass is 315 g/mol. The maximum atomic E-state index is 12.4. The summed E-state index contributed by atoms with van der Waals surface area (Å²) in [6.45, 7) is 11.8. The van der Waals surface area contributed by atoms with Crippen molar-refractivity contribution in [3.8, 4) is 0 Å². The number of ether oxygens (including phenoxy) is 3. The highest BCUT2D eigenvalue weighted by Gasteiger charge is 2.45. The molecule has 1 fully saturated rings. The minimum atomic E-state index is -0.697. The Balaban J connectivity index is 2.61. The second-order valence-corrected chi connectivity index (χ2v) is 6.96. The van der Waals surface area contributed by atoms with Gasteiger partial charge in [0.25, 0.3) is 0 Å². The van der Waals surface area contributed by atoms with E-state index in [0.29, 0.717) is 32.5 Å². The fourth-order valence-electron chi connectivity index (χ4n) is 2.49. The summed E-state index contributed by atoms with van der Waals surface area (Å²) in [5.41, 5.74) is -1.25. The zero-order valence-corrected chi connectivity index (χ0v) is 14.6. The largest absolute Gasteiger partial charge is 0.466 e. The molecule has 0 aromatic heterocycles. The SMILES string of the molecule is CCOC(=O)CCCC1COC(C)(C)N1C(=O)OC(C)(C)C. The summed E-state index contributed by atoms with van der Waals surface area (Å²) >= 11 is 0. The third-order valence-electron chi connectivity index (χ3n) is 3.39. The van der Waals surface area contributed by atoms with Gasteiger partial charge in [0.1, 0.15) is 11.3 Å². The van der Waals surface area contributed by atoms with Crippen LogP contribution in [0.4, 0.5) is 4.79 Å². The molecule has 0 N–H and O–H groups in total. The average Bonchev–Trinajstić information content (AvgIpc) is 2.62. The Bertz CT molecular complexity index is 400. The number of nitrogens with zero attached hydrogens (tertiary/aromatic N) is 1. The van der Waals surface area contributed by atoms with Crippen molar-refractivity contribution >= 4 is 12.1 Å². The van der Waals surface area contributed by atoms with Crippen molar-refractivity contribution in [2.24, 2.45) is 0 Å². The maximum Gasteiger partial charge on any atom is 0.412 e. The summed E-state index contributed by atoms with van der Waals surface area (Å²) in [5, 5.41) is 0. The summed E-state index contributed by atoms with van der Waals surface area (Å²) in [7, 11) is 0. The van der Waals surface area contributed by atoms with Gasteiger partial charge in [0.2, 0.25) is 0 Å². The molecular weight excluding hydrogens is 286 g/mol. The molecule has 0 radical (unpaired) electrons. The lowest BCUT2D eigenvalue weighted by Crippen LogP contribution is -2.49. The third kappa shape index (κ3) is 5.48. The molecule has 1 aliphatic rings. The number of hydrogen-bond acceptors (Lipinski definition) is 5. The first-order chi connectivity index (χ1) is 10.1. The molecule has 0 spiro atoms. The molecule has 1 atom stereocenters. The highest BCUT2D eigenvalue weighted by atomic mass is 16.6. The lowest BCUT2D eigenvalue weighted by Gasteiger charge is -2.35. The molecule has 0 aromatic carbocycles. The Morgan fingerprint density at radius 1 is 1.32 bits per heavy atom. The topological polar surface area (TPSA) is 65.1 Å². The molecule has 1 amide bonds. The summed E-state index contributed by atoms with van der Waals surface area (Å²) in [4.78, 5) is 25.4. The van der Waals surface area contributed by atoms with Gasteiger partial charge in [-0.05, 0) is 54.4 Å². The van der Waals surface area contributed by atoms with Gasteiger partial charge in [-0.1, -0.05) is 0 Å². The molecule has 6 nitrogen and oxygen atoms in total. The van der Waals surface area contributed by atoms with E-state index in [4.69, 9.17) is 14.2 Å². The van der Waals surface area contributed by atoms with Crippen LogP contribution in [0, 0.1) is 0 Å². The van der Waals surface area contributed by atoms with Crippen LogP contribution in [0.1, 0.15) is 60.8 Å². The van der Waals surface area contributed by atoms with Crippen molar-refractivity contribution in [3.05, 3.63) is 0 Å². The molecule has 1 saturated heterocycles. The lowest BCUT2D eigenvalue weighted by atomic mass is 10.1. The van der Waals surface area contributed by atoms with Gasteiger partial charge >= 0.3 is 12.1 Å². The number of carbonyl (C=O) groups is 2. The number of carbonyl (C=O) groups excluding carboxylic acids is 2. The molecule has 128 valence electrons. The zero-order chi connectivity index (χ0) is 17.0. The van der Waals surface area contributed by atoms with Gasteiger partial charge in [-0.3, -0.25) is 9.69 Å². The summed E-state index contributed by atoms with van der Waals surface area (Å²) < 4.78 is 16.1. The first-order valence-corrected chi connectivity index (χ1v) is 7.88. The molecule has 1 unspecified atom stereocenters. The van der Waals surface area contributed by atoms with Crippen molar-refractivity contribution < 1.29 is 23.8 Å². The summed E-state index contributed by atoms with van der Waals surface area (Å²) in [6.07, 6.45) is 1.31. The number of hydrogen-bond donors (Lipinski definition) is 0. The van der Waals surface area contributed by atoms with Crippen molar-refractivity contribution in [2.75, 3.05) is 13.2 Å². The number of rotatable bonds is 5. The van der Waals surface area contributed by atoms with Gasteiger partial charge in [-0.2, -0.15) is 0 Å². The van der Waals surface area contributed by atoms with Crippen LogP contribution in [0.2, 0.25) is 0 Å². The van der Waals surface area contributed by atoms with Crippen LogP contribution < -0.4 is 0 Å². The second kappa shape index (κ2) is 7.31. The third-order valence-corrected chi connectivity index (χ3v) is 3.39. The molecule has 1 rings (SSSR count). The van der Waals surface area contributed by atoms with Crippen molar-refractivity contribution in [3.63, 3.8) is 0 Å². The zero-order valence-electron chi connectivity index (χ0n) is 14.6. The van der Waals surface area contributed by atoms with E-state index in [2.05, 4.69) is 0 Å². The van der Waals surface area contributed by atoms with E-state index in [-0.39, 0.29) is 18.1 Å². The van der Waals surface area contributed by atoms with Gasteiger partial charge in [-0.25, -0.2) is 4.79 Å². The smallest absolute Gasteiger partial charge is 0.412 e. The maximum absolute atomic E-state index is 12.4. The highest BCUT2D eigenvalue weighted by molar-refractivity contribution is 5.70. The van der Waals surface area contributed by atoms with Crippen molar-refractivity contribution in [1.29, 1.82) is 0 Å². The minimum absolute atomic E-state index is 0.0840. The van der Waals surface area contributed by atoms with Crippen LogP contribution in [0.5, 0.6) is 0 Å². The van der Waals surface area contributed by atoms with Crippen LogP contribution in [-0.4, -0.2) is 47.5 Å². The van der Waals surface area contributed by atoms with Crippen LogP contribution in [0.15, 0.2) is 0 Å². The minimum Gasteiger partial charge on any atom is -0.466 e. The fraction of sp³-hybridized carbons (Fsp3) is 0.875. The Kier molecular flexibility index (Phi) is 6.23. The van der Waals surface area contributed by atoms with E-state index in [1.54, 1.807) is 11.8 Å².